The number of hydrogen-bond acceptors (Lipinski definition) is 8. The van der Waals surface area contributed by atoms with E-state index < -0.39 is 0 Å². The summed E-state index contributed by atoms with van der Waals surface area (Å²) in [7, 11) is 1.93. The summed E-state index contributed by atoms with van der Waals surface area (Å²) in [5.74, 6) is 2.22. The molecule has 0 bridgehead atoms. The number of rotatable bonds is 8. The van der Waals surface area contributed by atoms with Crippen LogP contribution in [0.5, 0.6) is 0 Å². The number of nitrogens with one attached hydrogen (secondary N) is 2. The van der Waals surface area contributed by atoms with Crippen LogP contribution < -0.4 is 10.6 Å². The Morgan fingerprint density at radius 1 is 0.919 bits per heavy atom. The van der Waals surface area contributed by atoms with Gasteiger partial charge in [-0.1, -0.05) is 30.3 Å². The zero-order chi connectivity index (χ0) is 25.0. The summed E-state index contributed by atoms with van der Waals surface area (Å²) in [6, 6.07) is 18.3. The number of nitrogens with zero attached hydrogens (tertiary/aromatic N) is 7. The van der Waals surface area contributed by atoms with Gasteiger partial charge in [0.1, 0.15) is 12.1 Å². The van der Waals surface area contributed by atoms with E-state index in [4.69, 9.17) is 4.98 Å². The van der Waals surface area contributed by atoms with Crippen molar-refractivity contribution in [3.63, 3.8) is 0 Å². The summed E-state index contributed by atoms with van der Waals surface area (Å²) in [5, 5.41) is 15.9. The number of aryl methyl sites for hydroxylation is 1. The van der Waals surface area contributed by atoms with Crippen LogP contribution in [0.2, 0.25) is 0 Å². The Morgan fingerprint density at radius 2 is 1.81 bits per heavy atom. The van der Waals surface area contributed by atoms with Gasteiger partial charge in [0, 0.05) is 60.3 Å². The summed E-state index contributed by atoms with van der Waals surface area (Å²) in [4.78, 5) is 16.6. The molecule has 1 aliphatic heterocycles. The van der Waals surface area contributed by atoms with Gasteiger partial charge in [-0.15, -0.1) is 10.2 Å². The Bertz CT molecular complexity index is 1500. The molecule has 186 valence electrons. The standard InChI is InChI=1S/C28H29N9/c1-36-19-32-35-27(36)20-6-4-8-23(16-20)33-28-31-18-22-7-5-9-24(26(22)34-28)21-10-11-25(30-17-21)29-12-15-37-13-2-3-14-37/h4-11,16-19H,2-3,12-15H2,1H3,(H,29,30)(H,31,33,34). The molecular weight excluding hydrogens is 462 g/mol. The fourth-order valence-electron chi connectivity index (χ4n) is 4.76. The third-order valence-electron chi connectivity index (χ3n) is 6.71. The molecule has 9 heteroatoms. The number of fused-ring (bicyclic) bond motifs is 1. The van der Waals surface area contributed by atoms with Gasteiger partial charge < -0.3 is 20.1 Å². The highest BCUT2D eigenvalue weighted by molar-refractivity contribution is 5.93. The lowest BCUT2D eigenvalue weighted by Crippen LogP contribution is -2.26. The van der Waals surface area contributed by atoms with Gasteiger partial charge in [-0.25, -0.2) is 15.0 Å². The highest BCUT2D eigenvalue weighted by Crippen LogP contribution is 2.29. The first-order valence-electron chi connectivity index (χ1n) is 12.6. The van der Waals surface area contributed by atoms with Crippen molar-refractivity contribution >= 4 is 28.4 Å². The average molecular weight is 492 g/mol. The Balaban J connectivity index is 1.21. The lowest BCUT2D eigenvalue weighted by molar-refractivity contribution is 0.352. The van der Waals surface area contributed by atoms with Crippen molar-refractivity contribution in [2.24, 2.45) is 7.05 Å². The number of benzene rings is 2. The van der Waals surface area contributed by atoms with Crippen LogP contribution in [-0.2, 0) is 7.05 Å². The zero-order valence-corrected chi connectivity index (χ0v) is 20.8. The van der Waals surface area contributed by atoms with E-state index in [1.807, 2.05) is 66.5 Å². The molecule has 1 fully saturated rings. The normalized spacial score (nSPS) is 13.8. The molecule has 4 heterocycles. The van der Waals surface area contributed by atoms with Crippen LogP contribution in [0.4, 0.5) is 17.5 Å². The predicted octanol–water partition coefficient (Wildman–Crippen LogP) is 4.74. The molecule has 6 rings (SSSR count). The SMILES string of the molecule is Cn1cnnc1-c1cccc(Nc2ncc3cccc(-c4ccc(NCCN5CCCC5)nc4)c3n2)c1. The van der Waals surface area contributed by atoms with Crippen LogP contribution in [-0.4, -0.2) is 60.8 Å². The smallest absolute Gasteiger partial charge is 0.227 e. The molecule has 5 aromatic rings. The van der Waals surface area contributed by atoms with Crippen molar-refractivity contribution in [2.45, 2.75) is 12.8 Å². The summed E-state index contributed by atoms with van der Waals surface area (Å²) < 4.78 is 1.89. The first-order chi connectivity index (χ1) is 18.2. The molecule has 2 aromatic carbocycles. The largest absolute Gasteiger partial charge is 0.369 e. The third-order valence-corrected chi connectivity index (χ3v) is 6.71. The monoisotopic (exact) mass is 491 g/mol. The lowest BCUT2D eigenvalue weighted by Gasteiger charge is -2.15. The van der Waals surface area contributed by atoms with Crippen LogP contribution in [0, 0.1) is 0 Å². The highest BCUT2D eigenvalue weighted by atomic mass is 15.2. The maximum Gasteiger partial charge on any atom is 0.227 e. The van der Waals surface area contributed by atoms with Gasteiger partial charge in [0.25, 0.3) is 0 Å². The van der Waals surface area contributed by atoms with Crippen molar-refractivity contribution < 1.29 is 0 Å². The minimum Gasteiger partial charge on any atom is -0.369 e. The average Bonchev–Trinajstić information content (AvgIpc) is 3.61. The zero-order valence-electron chi connectivity index (χ0n) is 20.8. The van der Waals surface area contributed by atoms with Crippen molar-refractivity contribution in [3.05, 3.63) is 73.3 Å². The molecule has 3 aromatic heterocycles. The number of pyridine rings is 1. The Morgan fingerprint density at radius 3 is 2.62 bits per heavy atom. The molecule has 0 unspecified atom stereocenters. The molecule has 0 spiro atoms. The van der Waals surface area contributed by atoms with Crippen molar-refractivity contribution in [1.82, 2.24) is 34.6 Å². The van der Waals surface area contributed by atoms with E-state index in [9.17, 15) is 0 Å². The van der Waals surface area contributed by atoms with Crippen molar-refractivity contribution in [2.75, 3.05) is 36.8 Å². The second-order valence-electron chi connectivity index (χ2n) is 9.32. The van der Waals surface area contributed by atoms with Gasteiger partial charge in [-0.3, -0.25) is 0 Å². The summed E-state index contributed by atoms with van der Waals surface area (Å²) in [6.45, 7) is 4.38. The minimum absolute atomic E-state index is 0.531. The van der Waals surface area contributed by atoms with Gasteiger partial charge in [0.05, 0.1) is 5.52 Å². The number of likely N-dealkylation sites (tertiary alicyclic amines) is 1. The fraction of sp³-hybridized carbons (Fsp3) is 0.250. The molecule has 9 nitrogen and oxygen atoms in total. The molecule has 0 radical (unpaired) electrons. The fourth-order valence-corrected chi connectivity index (χ4v) is 4.76. The number of hydrogen-bond donors (Lipinski definition) is 2. The van der Waals surface area contributed by atoms with Gasteiger partial charge in [0.2, 0.25) is 5.95 Å². The third kappa shape index (κ3) is 5.12. The van der Waals surface area contributed by atoms with Crippen molar-refractivity contribution in [3.8, 4) is 22.5 Å². The summed E-state index contributed by atoms with van der Waals surface area (Å²) >= 11 is 0. The highest BCUT2D eigenvalue weighted by Gasteiger charge is 2.12. The second-order valence-corrected chi connectivity index (χ2v) is 9.32. The van der Waals surface area contributed by atoms with Crippen LogP contribution in [0.25, 0.3) is 33.4 Å². The van der Waals surface area contributed by atoms with Gasteiger partial charge in [-0.2, -0.15) is 0 Å². The Kier molecular flexibility index (Phi) is 6.43. The van der Waals surface area contributed by atoms with E-state index in [0.29, 0.717) is 5.95 Å². The van der Waals surface area contributed by atoms with Crippen molar-refractivity contribution in [1.29, 1.82) is 0 Å². The van der Waals surface area contributed by atoms with Gasteiger partial charge in [-0.05, 0) is 50.2 Å². The maximum absolute atomic E-state index is 4.87. The van der Waals surface area contributed by atoms with Gasteiger partial charge in [0.15, 0.2) is 5.82 Å². The minimum atomic E-state index is 0.531. The molecule has 1 aliphatic rings. The molecule has 2 N–H and O–H groups in total. The quantitative estimate of drug-likeness (QED) is 0.321. The molecule has 1 saturated heterocycles. The number of para-hydroxylation sites is 1. The molecule has 0 amide bonds. The molecule has 0 aliphatic carbocycles. The van der Waals surface area contributed by atoms with E-state index in [1.54, 1.807) is 6.33 Å². The topological polar surface area (TPSA) is 96.7 Å². The van der Waals surface area contributed by atoms with Crippen LogP contribution in [0.1, 0.15) is 12.8 Å². The van der Waals surface area contributed by atoms with Gasteiger partial charge >= 0.3 is 0 Å². The number of anilines is 3. The van der Waals surface area contributed by atoms with Crippen LogP contribution in [0.15, 0.2) is 73.3 Å². The van der Waals surface area contributed by atoms with Crippen LogP contribution >= 0.6 is 0 Å². The van der Waals surface area contributed by atoms with E-state index >= 15 is 0 Å². The van der Waals surface area contributed by atoms with E-state index in [-0.39, 0.29) is 0 Å². The van der Waals surface area contributed by atoms with E-state index in [1.165, 1.54) is 25.9 Å². The van der Waals surface area contributed by atoms with E-state index in [0.717, 1.165) is 58.0 Å². The molecule has 0 atom stereocenters. The first-order valence-corrected chi connectivity index (χ1v) is 12.6. The van der Waals surface area contributed by atoms with Crippen LogP contribution in [0.3, 0.4) is 0 Å². The molecular formula is C28H29N9. The van der Waals surface area contributed by atoms with E-state index in [2.05, 4.69) is 47.8 Å². The maximum atomic E-state index is 4.87. The summed E-state index contributed by atoms with van der Waals surface area (Å²) in [5.41, 5.74) is 4.76. The Labute approximate surface area is 215 Å². The molecule has 37 heavy (non-hydrogen) atoms. The predicted molar refractivity (Wildman–Crippen MR) is 147 cm³/mol. The second kappa shape index (κ2) is 10.3. The first kappa shape index (κ1) is 23.1. The Hall–Kier alpha value is -4.37. The lowest BCUT2D eigenvalue weighted by atomic mass is 10.0. The summed E-state index contributed by atoms with van der Waals surface area (Å²) in [6.07, 6.45) is 8.08. The number of aromatic nitrogens is 6. The molecule has 0 saturated carbocycles.